The van der Waals surface area contributed by atoms with Gasteiger partial charge in [-0.25, -0.2) is 0 Å². The van der Waals surface area contributed by atoms with Crippen LogP contribution < -0.4 is 15.4 Å². The molecule has 0 saturated carbocycles. The molecule has 0 spiro atoms. The Hall–Kier alpha value is -2.40. The van der Waals surface area contributed by atoms with Crippen LogP contribution in [0.1, 0.15) is 19.2 Å². The Labute approximate surface area is 194 Å². The molecule has 1 aromatic carbocycles. The van der Waals surface area contributed by atoms with Gasteiger partial charge in [0.1, 0.15) is 11.6 Å². The fourth-order valence-electron chi connectivity index (χ4n) is 2.83. The van der Waals surface area contributed by atoms with Gasteiger partial charge in [0.15, 0.2) is 11.6 Å². The number of pyridine rings is 1. The van der Waals surface area contributed by atoms with E-state index in [4.69, 9.17) is 9.47 Å². The van der Waals surface area contributed by atoms with E-state index in [2.05, 4.69) is 25.8 Å². The standard InChI is InChI=1S/C21H28N6O2.HI/c1-3-22-21(23-12-11-20-26-25-19-10-4-5-13-27(19)20)24-17-8-6-9-18(16-17)29-15-7-14-28-2;/h4-6,8-10,13,16H,3,7,11-12,14-15H2,1-2H3,(H2,22,23,24);1H. The van der Waals surface area contributed by atoms with E-state index in [1.54, 1.807) is 7.11 Å². The van der Waals surface area contributed by atoms with Gasteiger partial charge >= 0.3 is 0 Å². The molecular formula is C21H29IN6O2. The summed E-state index contributed by atoms with van der Waals surface area (Å²) in [6.45, 7) is 4.72. The maximum Gasteiger partial charge on any atom is 0.195 e. The van der Waals surface area contributed by atoms with Crippen LogP contribution in [0, 0.1) is 0 Å². The number of guanidine groups is 1. The van der Waals surface area contributed by atoms with Gasteiger partial charge in [-0.2, -0.15) is 0 Å². The highest BCUT2D eigenvalue weighted by Crippen LogP contribution is 2.17. The normalized spacial score (nSPS) is 11.2. The molecule has 0 unspecified atom stereocenters. The van der Waals surface area contributed by atoms with Gasteiger partial charge in [-0.05, 0) is 31.2 Å². The number of fused-ring (bicyclic) bond motifs is 1. The van der Waals surface area contributed by atoms with E-state index in [1.165, 1.54) is 0 Å². The topological polar surface area (TPSA) is 85.1 Å². The van der Waals surface area contributed by atoms with Crippen LogP contribution in [0.3, 0.4) is 0 Å². The highest BCUT2D eigenvalue weighted by atomic mass is 127. The van der Waals surface area contributed by atoms with Crippen molar-refractivity contribution in [1.82, 2.24) is 19.9 Å². The molecule has 0 aliphatic heterocycles. The minimum Gasteiger partial charge on any atom is -0.493 e. The van der Waals surface area contributed by atoms with Crippen LogP contribution in [-0.4, -0.2) is 54.0 Å². The van der Waals surface area contributed by atoms with Crippen molar-refractivity contribution < 1.29 is 9.47 Å². The van der Waals surface area contributed by atoms with Crippen molar-refractivity contribution in [3.63, 3.8) is 0 Å². The number of rotatable bonds is 10. The summed E-state index contributed by atoms with van der Waals surface area (Å²) in [6, 6.07) is 13.7. The fourth-order valence-corrected chi connectivity index (χ4v) is 2.83. The van der Waals surface area contributed by atoms with Crippen molar-refractivity contribution >= 4 is 41.3 Å². The summed E-state index contributed by atoms with van der Waals surface area (Å²) in [5.74, 6) is 2.43. The Morgan fingerprint density at radius 3 is 2.87 bits per heavy atom. The van der Waals surface area contributed by atoms with Gasteiger partial charge in [-0.3, -0.25) is 9.39 Å². The first-order chi connectivity index (χ1) is 14.3. The Morgan fingerprint density at radius 2 is 2.03 bits per heavy atom. The molecule has 3 rings (SSSR count). The molecule has 2 aromatic heterocycles. The first-order valence-electron chi connectivity index (χ1n) is 9.86. The predicted molar refractivity (Wildman–Crippen MR) is 130 cm³/mol. The summed E-state index contributed by atoms with van der Waals surface area (Å²) < 4.78 is 12.8. The first-order valence-corrected chi connectivity index (χ1v) is 9.86. The number of nitrogens with one attached hydrogen (secondary N) is 2. The second kappa shape index (κ2) is 13.0. The molecule has 0 aliphatic rings. The number of hydrogen-bond donors (Lipinski definition) is 2. The molecule has 0 radical (unpaired) electrons. The van der Waals surface area contributed by atoms with Crippen LogP contribution in [-0.2, 0) is 11.2 Å². The van der Waals surface area contributed by atoms with Gasteiger partial charge in [0.05, 0.1) is 6.61 Å². The third-order valence-electron chi connectivity index (χ3n) is 4.19. The van der Waals surface area contributed by atoms with Crippen molar-refractivity contribution in [3.05, 3.63) is 54.5 Å². The molecule has 0 amide bonds. The smallest absolute Gasteiger partial charge is 0.195 e. The second-order valence-electron chi connectivity index (χ2n) is 6.40. The summed E-state index contributed by atoms with van der Waals surface area (Å²) in [7, 11) is 1.69. The number of halogens is 1. The predicted octanol–water partition coefficient (Wildman–Crippen LogP) is 3.38. The van der Waals surface area contributed by atoms with Crippen molar-refractivity contribution in [1.29, 1.82) is 0 Å². The van der Waals surface area contributed by atoms with E-state index in [0.29, 0.717) is 26.2 Å². The van der Waals surface area contributed by atoms with Crippen LogP contribution in [0.2, 0.25) is 0 Å². The van der Waals surface area contributed by atoms with Gasteiger partial charge < -0.3 is 20.1 Å². The lowest BCUT2D eigenvalue weighted by molar-refractivity contribution is 0.172. The maximum atomic E-state index is 5.76. The lowest BCUT2D eigenvalue weighted by Crippen LogP contribution is -2.31. The molecule has 162 valence electrons. The number of ether oxygens (including phenoxy) is 2. The Kier molecular flexibility index (Phi) is 10.4. The van der Waals surface area contributed by atoms with Gasteiger partial charge in [-0.1, -0.05) is 12.1 Å². The van der Waals surface area contributed by atoms with E-state index in [0.717, 1.165) is 41.8 Å². The zero-order valence-corrected chi connectivity index (χ0v) is 19.7. The number of aromatic nitrogens is 3. The highest BCUT2D eigenvalue weighted by molar-refractivity contribution is 14.0. The molecule has 0 atom stereocenters. The quantitative estimate of drug-likeness (QED) is 0.183. The molecule has 2 N–H and O–H groups in total. The zero-order chi connectivity index (χ0) is 20.3. The second-order valence-corrected chi connectivity index (χ2v) is 6.40. The summed E-state index contributed by atoms with van der Waals surface area (Å²) in [6.07, 6.45) is 3.52. The Balaban J connectivity index is 0.00000320. The SMILES string of the molecule is CCNC(=NCCc1nnc2ccccn12)Nc1cccc(OCCCOC)c1.I. The molecule has 8 nitrogen and oxygen atoms in total. The molecular weight excluding hydrogens is 495 g/mol. The number of benzene rings is 1. The number of anilines is 1. The average Bonchev–Trinajstić information content (AvgIpc) is 3.15. The minimum atomic E-state index is 0. The van der Waals surface area contributed by atoms with E-state index < -0.39 is 0 Å². The van der Waals surface area contributed by atoms with Gasteiger partial charge in [0.2, 0.25) is 0 Å². The number of nitrogens with zero attached hydrogens (tertiary/aromatic N) is 4. The number of hydrogen-bond acceptors (Lipinski definition) is 5. The van der Waals surface area contributed by atoms with Crippen molar-refractivity contribution in [3.8, 4) is 5.75 Å². The van der Waals surface area contributed by atoms with Crippen molar-refractivity contribution in [2.24, 2.45) is 4.99 Å². The molecule has 9 heteroatoms. The monoisotopic (exact) mass is 524 g/mol. The van der Waals surface area contributed by atoms with Crippen molar-refractivity contribution in [2.75, 3.05) is 38.7 Å². The molecule has 0 fully saturated rings. The van der Waals surface area contributed by atoms with Gasteiger partial charge in [-0.15, -0.1) is 34.2 Å². The maximum absolute atomic E-state index is 5.76. The average molecular weight is 524 g/mol. The summed E-state index contributed by atoms with van der Waals surface area (Å²) in [5, 5.41) is 15.0. The molecule has 3 aromatic rings. The molecule has 0 bridgehead atoms. The Morgan fingerprint density at radius 1 is 1.13 bits per heavy atom. The van der Waals surface area contributed by atoms with Gasteiger partial charge in [0, 0.05) is 57.6 Å². The first kappa shape index (κ1) is 23.9. The van der Waals surface area contributed by atoms with Crippen LogP contribution in [0.5, 0.6) is 5.75 Å². The lowest BCUT2D eigenvalue weighted by Gasteiger charge is -2.13. The summed E-state index contributed by atoms with van der Waals surface area (Å²) in [4.78, 5) is 4.66. The molecule has 30 heavy (non-hydrogen) atoms. The zero-order valence-electron chi connectivity index (χ0n) is 17.4. The minimum absolute atomic E-state index is 0. The number of aliphatic imine (C=N–C) groups is 1. The lowest BCUT2D eigenvalue weighted by atomic mass is 10.3. The van der Waals surface area contributed by atoms with Crippen LogP contribution in [0.4, 0.5) is 5.69 Å². The Bertz CT molecular complexity index is 931. The largest absolute Gasteiger partial charge is 0.493 e. The molecule has 0 saturated heterocycles. The van der Waals surface area contributed by atoms with Crippen LogP contribution >= 0.6 is 24.0 Å². The molecule has 0 aliphatic carbocycles. The highest BCUT2D eigenvalue weighted by Gasteiger charge is 2.05. The van der Waals surface area contributed by atoms with E-state index >= 15 is 0 Å². The molecule has 2 heterocycles. The van der Waals surface area contributed by atoms with Gasteiger partial charge in [0.25, 0.3) is 0 Å². The van der Waals surface area contributed by atoms with Crippen molar-refractivity contribution in [2.45, 2.75) is 19.8 Å². The fraction of sp³-hybridized carbons (Fsp3) is 0.381. The van der Waals surface area contributed by atoms with E-state index in [-0.39, 0.29) is 24.0 Å². The number of methoxy groups -OCH3 is 1. The summed E-state index contributed by atoms with van der Waals surface area (Å²) in [5.41, 5.74) is 1.76. The third kappa shape index (κ3) is 7.13. The van der Waals surface area contributed by atoms with Crippen LogP contribution in [0.15, 0.2) is 53.7 Å². The van der Waals surface area contributed by atoms with E-state index in [9.17, 15) is 0 Å². The summed E-state index contributed by atoms with van der Waals surface area (Å²) >= 11 is 0. The third-order valence-corrected chi connectivity index (χ3v) is 4.19. The van der Waals surface area contributed by atoms with E-state index in [1.807, 2.05) is 60.0 Å². The van der Waals surface area contributed by atoms with Crippen LogP contribution in [0.25, 0.3) is 5.65 Å².